The summed E-state index contributed by atoms with van der Waals surface area (Å²) in [7, 11) is 0. The molecule has 33 heavy (non-hydrogen) atoms. The van der Waals surface area contributed by atoms with Gasteiger partial charge in [-0.2, -0.15) is 0 Å². The number of aliphatic carboxylic acids is 1. The van der Waals surface area contributed by atoms with Crippen LogP contribution >= 0.6 is 0 Å². The molecule has 0 aliphatic rings. The molecular formula is C27H48N2O4. The number of hydrogen-bond acceptors (Lipinski definition) is 5. The number of nitrogens with one attached hydrogen (secondary N) is 2. The normalized spacial score (nSPS) is 12.2. The zero-order valence-corrected chi connectivity index (χ0v) is 20.8. The van der Waals surface area contributed by atoms with Crippen molar-refractivity contribution in [1.29, 1.82) is 0 Å². The highest BCUT2D eigenvalue weighted by atomic mass is 16.4. The van der Waals surface area contributed by atoms with Crippen molar-refractivity contribution in [2.75, 3.05) is 6.54 Å². The maximum Gasteiger partial charge on any atom is 0.322 e. The molecule has 0 heterocycles. The Bertz CT molecular complexity index is 624. The van der Waals surface area contributed by atoms with Gasteiger partial charge in [0.2, 0.25) is 0 Å². The first kappa shape index (κ1) is 29.2. The molecule has 190 valence electrons. The Morgan fingerprint density at radius 3 is 1.70 bits per heavy atom. The summed E-state index contributed by atoms with van der Waals surface area (Å²) in [4.78, 5) is 11.5. The Morgan fingerprint density at radius 2 is 1.24 bits per heavy atom. The van der Waals surface area contributed by atoms with E-state index in [1.807, 2.05) is 0 Å². The summed E-state index contributed by atoms with van der Waals surface area (Å²) >= 11 is 0. The van der Waals surface area contributed by atoms with Crippen molar-refractivity contribution in [3.8, 4) is 11.5 Å². The molecule has 0 fully saturated rings. The zero-order valence-electron chi connectivity index (χ0n) is 20.8. The van der Waals surface area contributed by atoms with Crippen LogP contribution in [-0.4, -0.2) is 33.9 Å². The summed E-state index contributed by atoms with van der Waals surface area (Å²) in [5.74, 6) is -1.40. The van der Waals surface area contributed by atoms with E-state index in [0.29, 0.717) is 5.56 Å². The summed E-state index contributed by atoms with van der Waals surface area (Å²) in [5.41, 5.74) is 6.53. The molecule has 5 N–H and O–H groups in total. The second-order valence-electron chi connectivity index (χ2n) is 9.29. The molecule has 1 rings (SSSR count). The summed E-state index contributed by atoms with van der Waals surface area (Å²) in [6.07, 6.45) is 21.5. The number of carbonyl (C=O) groups is 1. The van der Waals surface area contributed by atoms with Crippen LogP contribution in [0.5, 0.6) is 11.5 Å². The van der Waals surface area contributed by atoms with E-state index in [2.05, 4.69) is 17.8 Å². The molecule has 6 heteroatoms. The largest absolute Gasteiger partial charge is 0.504 e. The molecule has 1 aromatic carbocycles. The SMILES string of the molecule is CCCCCCCCCCCCCCCCCCNN[C@@H](Cc1ccc(O)c(O)c1)C(=O)O. The van der Waals surface area contributed by atoms with E-state index in [-0.39, 0.29) is 17.9 Å². The average molecular weight is 465 g/mol. The number of phenols is 2. The third kappa shape index (κ3) is 15.6. The van der Waals surface area contributed by atoms with E-state index in [9.17, 15) is 20.1 Å². The van der Waals surface area contributed by atoms with E-state index < -0.39 is 12.0 Å². The Hall–Kier alpha value is -1.79. The van der Waals surface area contributed by atoms with Gasteiger partial charge < -0.3 is 15.3 Å². The number of hydrazine groups is 1. The standard InChI is InChI=1S/C27H48N2O4/c1-2-3-4-5-6-7-8-9-10-11-12-13-14-15-16-17-20-28-29-24(27(32)33)21-23-18-19-25(30)26(31)22-23/h18-19,22,24,28-31H,2-17,20-21H2,1H3,(H,32,33)/t24-/m0/s1. The highest BCUT2D eigenvalue weighted by Crippen LogP contribution is 2.25. The molecule has 0 amide bonds. The minimum absolute atomic E-state index is 0.208. The predicted molar refractivity (Wildman–Crippen MR) is 136 cm³/mol. The lowest BCUT2D eigenvalue weighted by Gasteiger charge is -2.16. The van der Waals surface area contributed by atoms with Gasteiger partial charge in [-0.15, -0.1) is 0 Å². The Labute approximate surface area is 201 Å². The smallest absolute Gasteiger partial charge is 0.322 e. The average Bonchev–Trinajstić information content (AvgIpc) is 2.79. The number of benzene rings is 1. The summed E-state index contributed by atoms with van der Waals surface area (Å²) in [5, 5.41) is 28.3. The van der Waals surface area contributed by atoms with Gasteiger partial charge >= 0.3 is 5.97 Å². The van der Waals surface area contributed by atoms with Crippen LogP contribution in [0, 0.1) is 0 Å². The number of carboxylic acids is 1. The van der Waals surface area contributed by atoms with Gasteiger partial charge in [0.1, 0.15) is 6.04 Å². The molecule has 1 atom stereocenters. The lowest BCUT2D eigenvalue weighted by molar-refractivity contribution is -0.139. The van der Waals surface area contributed by atoms with Crippen LogP contribution in [0.1, 0.15) is 115 Å². The maximum atomic E-state index is 11.5. The van der Waals surface area contributed by atoms with Gasteiger partial charge in [0.05, 0.1) is 0 Å². The van der Waals surface area contributed by atoms with Gasteiger partial charge in [0.15, 0.2) is 11.5 Å². The topological polar surface area (TPSA) is 102 Å². The van der Waals surface area contributed by atoms with Crippen LogP contribution in [0.15, 0.2) is 18.2 Å². The van der Waals surface area contributed by atoms with Crippen LogP contribution in [0.2, 0.25) is 0 Å². The highest BCUT2D eigenvalue weighted by molar-refractivity contribution is 5.73. The van der Waals surface area contributed by atoms with Gasteiger partial charge in [-0.1, -0.05) is 109 Å². The number of hydrogen-bond donors (Lipinski definition) is 5. The fourth-order valence-electron chi connectivity index (χ4n) is 4.09. The molecular weight excluding hydrogens is 416 g/mol. The molecule has 0 radical (unpaired) electrons. The second kappa shape index (κ2) is 19.7. The van der Waals surface area contributed by atoms with E-state index in [4.69, 9.17) is 0 Å². The van der Waals surface area contributed by atoms with Gasteiger partial charge in [0, 0.05) is 6.54 Å². The zero-order chi connectivity index (χ0) is 24.2. The lowest BCUT2D eigenvalue weighted by atomic mass is 10.0. The molecule has 0 aromatic heterocycles. The minimum atomic E-state index is -0.956. The Kier molecular flexibility index (Phi) is 17.4. The van der Waals surface area contributed by atoms with E-state index in [1.165, 1.54) is 102 Å². The van der Waals surface area contributed by atoms with Crippen LogP contribution in [0.4, 0.5) is 0 Å². The number of unbranched alkanes of at least 4 members (excludes halogenated alkanes) is 15. The van der Waals surface area contributed by atoms with E-state index in [1.54, 1.807) is 6.07 Å². The Morgan fingerprint density at radius 1 is 0.758 bits per heavy atom. The van der Waals surface area contributed by atoms with Crippen molar-refractivity contribution in [3.05, 3.63) is 23.8 Å². The molecule has 6 nitrogen and oxygen atoms in total. The second-order valence-corrected chi connectivity index (χ2v) is 9.29. The van der Waals surface area contributed by atoms with Gasteiger partial charge in [-0.05, 0) is 30.5 Å². The summed E-state index contributed by atoms with van der Waals surface area (Å²) in [6, 6.07) is 3.58. The number of rotatable bonds is 22. The molecule has 0 aliphatic carbocycles. The molecule has 0 saturated carbocycles. The van der Waals surface area contributed by atoms with Crippen LogP contribution in [-0.2, 0) is 11.2 Å². The minimum Gasteiger partial charge on any atom is -0.504 e. The summed E-state index contributed by atoms with van der Waals surface area (Å²) < 4.78 is 0. The fraction of sp³-hybridized carbons (Fsp3) is 0.741. The van der Waals surface area contributed by atoms with Crippen molar-refractivity contribution in [3.63, 3.8) is 0 Å². The number of aromatic hydroxyl groups is 2. The number of phenolic OH excluding ortho intramolecular Hbond substituents is 2. The van der Waals surface area contributed by atoms with Crippen LogP contribution in [0.25, 0.3) is 0 Å². The molecule has 0 unspecified atom stereocenters. The van der Waals surface area contributed by atoms with Crippen molar-refractivity contribution in [1.82, 2.24) is 10.9 Å². The molecule has 0 saturated heterocycles. The van der Waals surface area contributed by atoms with E-state index in [0.717, 1.165) is 19.4 Å². The van der Waals surface area contributed by atoms with Gasteiger partial charge in [-0.3, -0.25) is 10.2 Å². The first-order valence-corrected chi connectivity index (χ1v) is 13.3. The molecule has 0 spiro atoms. The monoisotopic (exact) mass is 464 g/mol. The Balaban J connectivity index is 1.92. The number of carboxylic acid groups (broad SMARTS) is 1. The van der Waals surface area contributed by atoms with Gasteiger partial charge in [-0.25, -0.2) is 5.43 Å². The molecule has 0 bridgehead atoms. The highest BCUT2D eigenvalue weighted by Gasteiger charge is 2.17. The van der Waals surface area contributed by atoms with E-state index >= 15 is 0 Å². The summed E-state index contributed by atoms with van der Waals surface area (Å²) in [6.45, 7) is 2.99. The van der Waals surface area contributed by atoms with Crippen molar-refractivity contribution >= 4 is 5.97 Å². The van der Waals surface area contributed by atoms with Crippen LogP contribution < -0.4 is 10.9 Å². The lowest BCUT2D eigenvalue weighted by Crippen LogP contribution is -2.47. The quantitative estimate of drug-likeness (QED) is 0.0768. The maximum absolute atomic E-state index is 11.5. The van der Waals surface area contributed by atoms with Gasteiger partial charge in [0.25, 0.3) is 0 Å². The first-order valence-electron chi connectivity index (χ1n) is 13.3. The third-order valence-corrected chi connectivity index (χ3v) is 6.21. The third-order valence-electron chi connectivity index (χ3n) is 6.21. The van der Waals surface area contributed by atoms with Crippen LogP contribution in [0.3, 0.4) is 0 Å². The van der Waals surface area contributed by atoms with Crippen molar-refractivity contribution in [2.45, 2.75) is 122 Å². The van der Waals surface area contributed by atoms with Crippen molar-refractivity contribution in [2.24, 2.45) is 0 Å². The molecule has 0 aliphatic heterocycles. The molecule has 1 aromatic rings. The first-order chi connectivity index (χ1) is 16.0. The fourth-order valence-corrected chi connectivity index (χ4v) is 4.09. The van der Waals surface area contributed by atoms with Crippen molar-refractivity contribution < 1.29 is 20.1 Å². The predicted octanol–water partition coefficient (Wildman–Crippen LogP) is 6.45.